The molecule has 4 rings (SSSR count). The average molecular weight is 479 g/mol. The maximum atomic E-state index is 13.6. The van der Waals surface area contributed by atoms with Crippen LogP contribution in [0.4, 0.5) is 0 Å². The van der Waals surface area contributed by atoms with Crippen LogP contribution in [0.1, 0.15) is 36.6 Å². The zero-order valence-corrected chi connectivity index (χ0v) is 20.3. The molecule has 2 heterocycles. The van der Waals surface area contributed by atoms with Crippen LogP contribution < -0.4 is 24.4 Å². The van der Waals surface area contributed by atoms with E-state index < -0.39 is 12.0 Å². The number of nitrogens with zero attached hydrogens (tertiary/aromatic N) is 2. The second kappa shape index (κ2) is 10.1. The van der Waals surface area contributed by atoms with Gasteiger partial charge in [-0.1, -0.05) is 41.7 Å². The minimum absolute atomic E-state index is 0.224. The van der Waals surface area contributed by atoms with Crippen molar-refractivity contribution in [2.45, 2.75) is 26.8 Å². The lowest BCUT2D eigenvalue weighted by atomic mass is 9.97. The van der Waals surface area contributed by atoms with E-state index >= 15 is 0 Å². The van der Waals surface area contributed by atoms with Crippen LogP contribution in [0.15, 0.2) is 64.0 Å². The maximum absolute atomic E-state index is 13.6. The summed E-state index contributed by atoms with van der Waals surface area (Å²) in [6.45, 7) is 6.71. The van der Waals surface area contributed by atoms with Crippen LogP contribution in [0.5, 0.6) is 11.5 Å². The summed E-state index contributed by atoms with van der Waals surface area (Å²) in [6, 6.07) is 12.6. The van der Waals surface area contributed by atoms with Gasteiger partial charge in [-0.25, -0.2) is 9.79 Å². The molecule has 0 aliphatic carbocycles. The molecule has 0 spiro atoms. The van der Waals surface area contributed by atoms with Gasteiger partial charge in [0.1, 0.15) is 0 Å². The number of methoxy groups -OCH3 is 1. The third-order valence-corrected chi connectivity index (χ3v) is 6.48. The molecular weight excluding hydrogens is 452 g/mol. The molecule has 8 heteroatoms. The molecule has 0 bridgehead atoms. The molecule has 1 aromatic heterocycles. The van der Waals surface area contributed by atoms with Gasteiger partial charge in [0.15, 0.2) is 16.3 Å². The third-order valence-electron chi connectivity index (χ3n) is 5.48. The summed E-state index contributed by atoms with van der Waals surface area (Å²) in [5.74, 6) is 0.600. The van der Waals surface area contributed by atoms with Gasteiger partial charge < -0.3 is 14.2 Å². The standard InChI is InChI=1S/C26H26N2O5S/c1-5-32-20-12-11-18(13-21(20)33-6-2)23-19(25(30)31-4)15-27-26-28(23)24(29)22(34-26)14-17-10-8-7-9-16(17)3/h7-15,23H,5-6H2,1-4H3/b22-14-/t23-/m1/s1. The second-order valence-electron chi connectivity index (χ2n) is 7.60. The van der Waals surface area contributed by atoms with Crippen molar-refractivity contribution in [3.05, 3.63) is 90.6 Å². The summed E-state index contributed by atoms with van der Waals surface area (Å²) in [7, 11) is 1.31. The number of carbonyl (C=O) groups excluding carboxylic acids is 1. The van der Waals surface area contributed by atoms with Crippen LogP contribution in [0.2, 0.25) is 0 Å². The number of esters is 1. The highest BCUT2D eigenvalue weighted by molar-refractivity contribution is 7.07. The van der Waals surface area contributed by atoms with Gasteiger partial charge in [0.2, 0.25) is 0 Å². The van der Waals surface area contributed by atoms with Crippen molar-refractivity contribution in [3.63, 3.8) is 0 Å². The Morgan fingerprint density at radius 3 is 2.56 bits per heavy atom. The molecule has 3 aromatic rings. The Morgan fingerprint density at radius 1 is 1.12 bits per heavy atom. The van der Waals surface area contributed by atoms with E-state index in [1.807, 2.05) is 57.2 Å². The topological polar surface area (TPSA) is 79.1 Å². The lowest BCUT2D eigenvalue weighted by Gasteiger charge is -2.23. The molecule has 34 heavy (non-hydrogen) atoms. The predicted molar refractivity (Wildman–Crippen MR) is 131 cm³/mol. The number of aromatic nitrogens is 1. The fourth-order valence-corrected chi connectivity index (χ4v) is 4.84. The summed E-state index contributed by atoms with van der Waals surface area (Å²) in [6.07, 6.45) is 3.35. The minimum Gasteiger partial charge on any atom is -0.490 e. The first-order valence-corrected chi connectivity index (χ1v) is 11.8. The summed E-state index contributed by atoms with van der Waals surface area (Å²) >= 11 is 1.29. The van der Waals surface area contributed by atoms with E-state index in [0.717, 1.165) is 11.1 Å². The fourth-order valence-electron chi connectivity index (χ4n) is 3.88. The Bertz CT molecular complexity index is 1430. The van der Waals surface area contributed by atoms with Gasteiger partial charge in [-0.15, -0.1) is 0 Å². The van der Waals surface area contributed by atoms with Crippen LogP contribution >= 0.6 is 11.3 Å². The van der Waals surface area contributed by atoms with Gasteiger partial charge in [0.05, 0.1) is 36.5 Å². The number of ether oxygens (including phenoxy) is 3. The summed E-state index contributed by atoms with van der Waals surface area (Å²) in [5, 5.41) is 0. The largest absolute Gasteiger partial charge is 0.490 e. The van der Waals surface area contributed by atoms with E-state index in [2.05, 4.69) is 4.99 Å². The molecule has 1 aliphatic heterocycles. The number of aryl methyl sites for hydroxylation is 1. The van der Waals surface area contributed by atoms with E-state index in [0.29, 0.717) is 39.6 Å². The number of fused-ring (bicyclic) bond motifs is 1. The molecular formula is C26H26N2O5S. The molecule has 0 saturated heterocycles. The zero-order chi connectivity index (χ0) is 24.2. The molecule has 0 amide bonds. The quantitative estimate of drug-likeness (QED) is 0.488. The Morgan fingerprint density at radius 2 is 1.85 bits per heavy atom. The maximum Gasteiger partial charge on any atom is 0.337 e. The highest BCUT2D eigenvalue weighted by Gasteiger charge is 2.31. The Hall–Kier alpha value is -3.65. The number of carbonyl (C=O) groups is 1. The summed E-state index contributed by atoms with van der Waals surface area (Å²) < 4.78 is 18.6. The predicted octanol–water partition coefficient (Wildman–Crippen LogP) is 3.12. The number of benzene rings is 2. The summed E-state index contributed by atoms with van der Waals surface area (Å²) in [5.41, 5.74) is 2.76. The van der Waals surface area contributed by atoms with Crippen molar-refractivity contribution >= 4 is 23.4 Å². The first-order valence-electron chi connectivity index (χ1n) is 11.0. The van der Waals surface area contributed by atoms with Crippen LogP contribution in [-0.4, -0.2) is 30.9 Å². The lowest BCUT2D eigenvalue weighted by molar-refractivity contribution is -0.136. The van der Waals surface area contributed by atoms with Crippen molar-refractivity contribution in [3.8, 4) is 11.5 Å². The number of rotatable bonds is 7. The zero-order valence-electron chi connectivity index (χ0n) is 19.5. The van der Waals surface area contributed by atoms with Gasteiger partial charge in [0.25, 0.3) is 5.56 Å². The Kier molecular flexibility index (Phi) is 6.98. The van der Waals surface area contributed by atoms with Crippen molar-refractivity contribution < 1.29 is 19.0 Å². The fraction of sp³-hybridized carbons (Fsp3) is 0.269. The molecule has 0 unspecified atom stereocenters. The van der Waals surface area contributed by atoms with Crippen molar-refractivity contribution in [1.82, 2.24) is 4.57 Å². The highest BCUT2D eigenvalue weighted by atomic mass is 32.1. The second-order valence-corrected chi connectivity index (χ2v) is 8.61. The van der Waals surface area contributed by atoms with E-state index in [1.54, 1.807) is 16.7 Å². The van der Waals surface area contributed by atoms with Crippen LogP contribution in [0, 0.1) is 6.92 Å². The Labute approximate surface area is 201 Å². The van der Waals surface area contributed by atoms with Crippen LogP contribution in [0.25, 0.3) is 6.08 Å². The van der Waals surface area contributed by atoms with Gasteiger partial charge in [-0.05, 0) is 55.7 Å². The SMILES string of the molecule is CCOc1ccc([C@@H]2C(C(=O)OC)=CN=c3s/c(=C\c4ccccc4C)c(=O)n32)cc1OCC. The summed E-state index contributed by atoms with van der Waals surface area (Å²) in [4.78, 5) is 31.2. The molecule has 2 aromatic carbocycles. The van der Waals surface area contributed by atoms with Gasteiger partial charge in [-0.3, -0.25) is 9.36 Å². The van der Waals surface area contributed by atoms with Crippen LogP contribution in [0.3, 0.4) is 0 Å². The van der Waals surface area contributed by atoms with Crippen molar-refractivity contribution in [2.75, 3.05) is 20.3 Å². The van der Waals surface area contributed by atoms with Gasteiger partial charge in [-0.2, -0.15) is 0 Å². The monoisotopic (exact) mass is 478 g/mol. The van der Waals surface area contributed by atoms with E-state index in [1.165, 1.54) is 24.6 Å². The van der Waals surface area contributed by atoms with E-state index in [9.17, 15) is 9.59 Å². The molecule has 0 N–H and O–H groups in total. The molecule has 1 aliphatic rings. The lowest BCUT2D eigenvalue weighted by Crippen LogP contribution is -2.39. The van der Waals surface area contributed by atoms with Gasteiger partial charge in [0, 0.05) is 6.20 Å². The van der Waals surface area contributed by atoms with E-state index in [-0.39, 0.29) is 11.1 Å². The Balaban J connectivity index is 1.92. The number of thiazole rings is 1. The smallest absolute Gasteiger partial charge is 0.337 e. The number of hydrogen-bond donors (Lipinski definition) is 0. The molecule has 1 atom stereocenters. The average Bonchev–Trinajstić information content (AvgIpc) is 3.16. The number of hydrogen-bond acceptors (Lipinski definition) is 7. The van der Waals surface area contributed by atoms with Crippen molar-refractivity contribution in [2.24, 2.45) is 4.99 Å². The molecule has 176 valence electrons. The van der Waals surface area contributed by atoms with Crippen molar-refractivity contribution in [1.29, 1.82) is 0 Å². The molecule has 0 fully saturated rings. The molecule has 0 saturated carbocycles. The minimum atomic E-state index is -0.711. The van der Waals surface area contributed by atoms with Gasteiger partial charge >= 0.3 is 5.97 Å². The first-order chi connectivity index (χ1) is 16.5. The van der Waals surface area contributed by atoms with E-state index in [4.69, 9.17) is 14.2 Å². The van der Waals surface area contributed by atoms with Crippen LogP contribution in [-0.2, 0) is 9.53 Å². The normalized spacial score (nSPS) is 15.2. The molecule has 7 nitrogen and oxygen atoms in total. The third kappa shape index (κ3) is 4.41. The highest BCUT2D eigenvalue weighted by Crippen LogP contribution is 2.35. The first kappa shape index (κ1) is 23.5. The molecule has 0 radical (unpaired) electrons.